The molecule has 2 heterocycles. The first-order valence-corrected chi connectivity index (χ1v) is 8.85. The lowest BCUT2D eigenvalue weighted by Crippen LogP contribution is -2.38. The summed E-state index contributed by atoms with van der Waals surface area (Å²) in [6.07, 6.45) is 10.2. The van der Waals surface area contributed by atoms with Gasteiger partial charge in [-0.05, 0) is 40.9 Å². The minimum absolute atomic E-state index is 0.577. The predicted octanol–water partition coefficient (Wildman–Crippen LogP) is 4.77. The van der Waals surface area contributed by atoms with Crippen molar-refractivity contribution in [3.05, 3.63) is 29.0 Å². The Labute approximate surface area is 138 Å². The topological polar surface area (TPSA) is 29.0 Å². The van der Waals surface area contributed by atoms with Crippen LogP contribution in [0.15, 0.2) is 29.0 Å². The summed E-state index contributed by atoms with van der Waals surface area (Å²) in [6, 6.07) is 4.67. The van der Waals surface area contributed by atoms with Crippen molar-refractivity contribution in [3.63, 3.8) is 0 Å². The number of hydrogen-bond acceptors (Lipinski definition) is 3. The molecule has 1 saturated carbocycles. The summed E-state index contributed by atoms with van der Waals surface area (Å²) in [6.45, 7) is 0.864. The zero-order valence-electron chi connectivity index (χ0n) is 11.9. The second kappa shape index (κ2) is 6.93. The Morgan fingerprint density at radius 3 is 2.81 bits per heavy atom. The van der Waals surface area contributed by atoms with Gasteiger partial charge in [0, 0.05) is 35.3 Å². The number of pyridine rings is 2. The highest BCUT2D eigenvalue weighted by atomic mass is 79.9. The van der Waals surface area contributed by atoms with Gasteiger partial charge in [0.05, 0.1) is 11.2 Å². The summed E-state index contributed by atoms with van der Waals surface area (Å²) < 4.78 is 0.959. The fourth-order valence-corrected chi connectivity index (χ4v) is 3.71. The van der Waals surface area contributed by atoms with E-state index in [2.05, 4.69) is 36.9 Å². The van der Waals surface area contributed by atoms with Crippen LogP contribution in [0.3, 0.4) is 0 Å². The van der Waals surface area contributed by atoms with Gasteiger partial charge >= 0.3 is 0 Å². The molecule has 0 amide bonds. The summed E-state index contributed by atoms with van der Waals surface area (Å²) in [5.41, 5.74) is 3.06. The molecular weight excluding hydrogens is 350 g/mol. The zero-order chi connectivity index (χ0) is 14.7. The smallest absolute Gasteiger partial charge is 0.112 e. The molecular formula is C16H19BrClN3. The molecule has 21 heavy (non-hydrogen) atoms. The summed E-state index contributed by atoms with van der Waals surface area (Å²) in [5, 5.41) is 0. The molecule has 2 aromatic heterocycles. The van der Waals surface area contributed by atoms with Crippen molar-refractivity contribution in [2.75, 3.05) is 17.3 Å². The Morgan fingerprint density at radius 2 is 2.05 bits per heavy atom. The summed E-state index contributed by atoms with van der Waals surface area (Å²) in [4.78, 5) is 11.5. The Morgan fingerprint density at radius 1 is 1.24 bits per heavy atom. The van der Waals surface area contributed by atoms with E-state index in [0.29, 0.717) is 11.9 Å². The molecule has 5 heteroatoms. The number of halogens is 2. The van der Waals surface area contributed by atoms with Gasteiger partial charge in [-0.2, -0.15) is 0 Å². The second-order valence-electron chi connectivity index (χ2n) is 5.53. The van der Waals surface area contributed by atoms with Gasteiger partial charge in [-0.25, -0.2) is 0 Å². The highest BCUT2D eigenvalue weighted by Gasteiger charge is 2.23. The van der Waals surface area contributed by atoms with Crippen LogP contribution in [0.5, 0.6) is 0 Å². The molecule has 0 N–H and O–H groups in total. The quantitative estimate of drug-likeness (QED) is 0.728. The van der Waals surface area contributed by atoms with Crippen LogP contribution < -0.4 is 4.90 Å². The van der Waals surface area contributed by atoms with Gasteiger partial charge in [-0.3, -0.25) is 9.97 Å². The van der Waals surface area contributed by atoms with Gasteiger partial charge in [0.2, 0.25) is 0 Å². The van der Waals surface area contributed by atoms with E-state index in [9.17, 15) is 0 Å². The van der Waals surface area contributed by atoms with Gasteiger partial charge in [0.25, 0.3) is 0 Å². The first kappa shape index (κ1) is 15.0. The third kappa shape index (κ3) is 3.32. The largest absolute Gasteiger partial charge is 0.366 e. The number of hydrogen-bond donors (Lipinski definition) is 0. The summed E-state index contributed by atoms with van der Waals surface area (Å²) in [5.74, 6) is 0.636. The fraction of sp³-hybridized carbons (Fsp3) is 0.500. The Hall–Kier alpha value is -0.870. The maximum atomic E-state index is 6.06. The third-order valence-electron chi connectivity index (χ3n) is 4.17. The molecule has 0 aromatic carbocycles. The highest BCUT2D eigenvalue weighted by molar-refractivity contribution is 9.10. The lowest BCUT2D eigenvalue weighted by molar-refractivity contribution is 0.419. The van der Waals surface area contributed by atoms with E-state index < -0.39 is 0 Å². The molecule has 2 aromatic rings. The minimum atomic E-state index is 0.577. The zero-order valence-corrected chi connectivity index (χ0v) is 14.3. The molecule has 0 bridgehead atoms. The van der Waals surface area contributed by atoms with Crippen LogP contribution in [0.2, 0.25) is 0 Å². The standard InChI is InChI=1S/C16H19BrClN3/c17-12-10-14-16(20-11-12)15(6-8-19-14)21(9-7-18)13-4-2-1-3-5-13/h6,8,10-11,13H,1-5,7,9H2. The number of aromatic nitrogens is 2. The molecule has 112 valence electrons. The Kier molecular flexibility index (Phi) is 4.96. The normalized spacial score (nSPS) is 16.3. The van der Waals surface area contributed by atoms with Gasteiger partial charge in [0.1, 0.15) is 5.52 Å². The van der Waals surface area contributed by atoms with Crippen molar-refractivity contribution >= 4 is 44.3 Å². The van der Waals surface area contributed by atoms with Crippen molar-refractivity contribution in [2.45, 2.75) is 38.1 Å². The van der Waals surface area contributed by atoms with E-state index in [1.54, 1.807) is 0 Å². The van der Waals surface area contributed by atoms with Gasteiger partial charge in [0.15, 0.2) is 0 Å². The maximum absolute atomic E-state index is 6.06. The second-order valence-corrected chi connectivity index (χ2v) is 6.82. The average molecular weight is 369 g/mol. The van der Waals surface area contributed by atoms with E-state index in [0.717, 1.165) is 22.1 Å². The van der Waals surface area contributed by atoms with Crippen molar-refractivity contribution in [3.8, 4) is 0 Å². The molecule has 1 aliphatic rings. The Balaban J connectivity index is 2.02. The first-order valence-electron chi connectivity index (χ1n) is 7.52. The molecule has 0 spiro atoms. The predicted molar refractivity (Wildman–Crippen MR) is 92.2 cm³/mol. The highest BCUT2D eigenvalue weighted by Crippen LogP contribution is 2.31. The molecule has 1 aliphatic carbocycles. The van der Waals surface area contributed by atoms with Crippen LogP contribution in [0.25, 0.3) is 11.0 Å². The maximum Gasteiger partial charge on any atom is 0.112 e. The molecule has 0 radical (unpaired) electrons. The molecule has 3 rings (SSSR count). The number of anilines is 1. The number of alkyl halides is 1. The summed E-state index contributed by atoms with van der Waals surface area (Å²) >= 11 is 9.52. The van der Waals surface area contributed by atoms with Crippen molar-refractivity contribution in [1.29, 1.82) is 0 Å². The van der Waals surface area contributed by atoms with Gasteiger partial charge in [-0.15, -0.1) is 11.6 Å². The lowest BCUT2D eigenvalue weighted by atomic mass is 9.93. The average Bonchev–Trinajstić information content (AvgIpc) is 2.53. The number of nitrogens with zero attached hydrogens (tertiary/aromatic N) is 3. The van der Waals surface area contributed by atoms with Crippen LogP contribution >= 0.6 is 27.5 Å². The van der Waals surface area contributed by atoms with E-state index >= 15 is 0 Å². The van der Waals surface area contributed by atoms with Crippen molar-refractivity contribution in [1.82, 2.24) is 9.97 Å². The van der Waals surface area contributed by atoms with Crippen molar-refractivity contribution in [2.24, 2.45) is 0 Å². The van der Waals surface area contributed by atoms with Gasteiger partial charge in [-0.1, -0.05) is 19.3 Å². The van der Waals surface area contributed by atoms with E-state index in [1.165, 1.54) is 37.8 Å². The SMILES string of the molecule is ClCCN(c1ccnc2cc(Br)cnc12)C1CCCCC1. The van der Waals surface area contributed by atoms with Crippen LogP contribution in [-0.2, 0) is 0 Å². The van der Waals surface area contributed by atoms with Crippen LogP contribution in [0, 0.1) is 0 Å². The van der Waals surface area contributed by atoms with Crippen molar-refractivity contribution < 1.29 is 0 Å². The lowest BCUT2D eigenvalue weighted by Gasteiger charge is -2.36. The van der Waals surface area contributed by atoms with Crippen LogP contribution in [-0.4, -0.2) is 28.4 Å². The Bertz CT molecular complexity index is 613. The molecule has 3 nitrogen and oxygen atoms in total. The van der Waals surface area contributed by atoms with Crippen LogP contribution in [0.1, 0.15) is 32.1 Å². The molecule has 0 saturated heterocycles. The van der Waals surface area contributed by atoms with Crippen LogP contribution in [0.4, 0.5) is 5.69 Å². The minimum Gasteiger partial charge on any atom is -0.366 e. The first-order chi connectivity index (χ1) is 10.3. The number of rotatable bonds is 4. The number of fused-ring (bicyclic) bond motifs is 1. The molecule has 0 unspecified atom stereocenters. The monoisotopic (exact) mass is 367 g/mol. The van der Waals surface area contributed by atoms with Gasteiger partial charge < -0.3 is 4.90 Å². The van der Waals surface area contributed by atoms with E-state index in [-0.39, 0.29) is 0 Å². The van der Waals surface area contributed by atoms with E-state index in [1.807, 2.05) is 18.5 Å². The molecule has 1 fully saturated rings. The molecule has 0 atom stereocenters. The molecule has 0 aliphatic heterocycles. The third-order valence-corrected chi connectivity index (χ3v) is 4.78. The fourth-order valence-electron chi connectivity index (χ4n) is 3.21. The summed E-state index contributed by atoms with van der Waals surface area (Å²) in [7, 11) is 0. The van der Waals surface area contributed by atoms with E-state index in [4.69, 9.17) is 11.6 Å².